The largest absolute Gasteiger partial charge is 0.480 e. The van der Waals surface area contributed by atoms with Crippen LogP contribution in [0.1, 0.15) is 31.7 Å². The predicted octanol–water partition coefficient (Wildman–Crippen LogP) is 2.43. The Morgan fingerprint density at radius 1 is 1.47 bits per heavy atom. The van der Waals surface area contributed by atoms with Crippen LogP contribution in [-0.4, -0.2) is 18.1 Å². The lowest BCUT2D eigenvalue weighted by atomic mass is 10.2. The number of ether oxygens (including phenoxy) is 1. The minimum absolute atomic E-state index is 0.0123. The number of carbonyl (C=O) groups excluding carboxylic acids is 1. The average Bonchev–Trinajstić information content (AvgIpc) is 3.11. The highest BCUT2D eigenvalue weighted by Crippen LogP contribution is 2.21. The van der Waals surface area contributed by atoms with Crippen molar-refractivity contribution in [3.8, 4) is 5.75 Å². The number of hydrogen-bond donors (Lipinski definition) is 1. The summed E-state index contributed by atoms with van der Waals surface area (Å²) in [6, 6.07) is 8.17. The summed E-state index contributed by atoms with van der Waals surface area (Å²) < 4.78 is 5.77. The maximum atomic E-state index is 11.9. The van der Waals surface area contributed by atoms with Crippen molar-refractivity contribution < 1.29 is 9.53 Å². The minimum atomic E-state index is -0.378. The van der Waals surface area contributed by atoms with Gasteiger partial charge in [-0.1, -0.05) is 25.1 Å². The lowest BCUT2D eigenvalue weighted by Crippen LogP contribution is -2.39. The first kappa shape index (κ1) is 12.0. The Bertz CT molecular complexity index is 399. The van der Waals surface area contributed by atoms with E-state index in [1.807, 2.05) is 38.1 Å². The molecular formula is C14H19NO2. The molecule has 0 spiro atoms. The molecule has 2 rings (SSSR count). The zero-order valence-electron chi connectivity index (χ0n) is 10.4. The van der Waals surface area contributed by atoms with E-state index in [0.717, 1.165) is 24.2 Å². The van der Waals surface area contributed by atoms with Crippen LogP contribution in [0.15, 0.2) is 24.3 Å². The second kappa shape index (κ2) is 5.21. The highest BCUT2D eigenvalue weighted by atomic mass is 16.5. The van der Waals surface area contributed by atoms with E-state index in [1.54, 1.807) is 0 Å². The van der Waals surface area contributed by atoms with Crippen molar-refractivity contribution in [2.24, 2.45) is 0 Å². The monoisotopic (exact) mass is 233 g/mol. The lowest BCUT2D eigenvalue weighted by molar-refractivity contribution is -0.128. The van der Waals surface area contributed by atoms with Crippen LogP contribution < -0.4 is 10.1 Å². The van der Waals surface area contributed by atoms with Crippen LogP contribution in [0.4, 0.5) is 0 Å². The molecule has 0 bridgehead atoms. The number of carbonyl (C=O) groups is 1. The second-order valence-electron chi connectivity index (χ2n) is 4.56. The smallest absolute Gasteiger partial charge is 0.261 e. The number of aryl methyl sites for hydroxylation is 1. The molecule has 1 aliphatic carbocycles. The molecule has 1 aliphatic rings. The van der Waals surface area contributed by atoms with Crippen LogP contribution in [0.3, 0.4) is 0 Å². The summed E-state index contributed by atoms with van der Waals surface area (Å²) in [4.78, 5) is 11.9. The number of rotatable bonds is 5. The number of para-hydroxylation sites is 1. The predicted molar refractivity (Wildman–Crippen MR) is 67.1 cm³/mol. The first-order valence-corrected chi connectivity index (χ1v) is 6.23. The molecule has 1 fully saturated rings. The Morgan fingerprint density at radius 2 is 2.18 bits per heavy atom. The Labute approximate surface area is 102 Å². The quantitative estimate of drug-likeness (QED) is 0.848. The Kier molecular flexibility index (Phi) is 3.67. The molecule has 0 aliphatic heterocycles. The Morgan fingerprint density at radius 3 is 2.76 bits per heavy atom. The average molecular weight is 233 g/mol. The maximum absolute atomic E-state index is 11.9. The molecule has 0 unspecified atom stereocenters. The van der Waals surface area contributed by atoms with E-state index in [0.29, 0.717) is 12.5 Å². The van der Waals surface area contributed by atoms with Crippen molar-refractivity contribution in [2.75, 3.05) is 0 Å². The summed E-state index contributed by atoms with van der Waals surface area (Å²) in [7, 11) is 0. The third kappa shape index (κ3) is 3.22. The van der Waals surface area contributed by atoms with E-state index >= 15 is 0 Å². The minimum Gasteiger partial charge on any atom is -0.480 e. The zero-order chi connectivity index (χ0) is 12.3. The first-order valence-electron chi connectivity index (χ1n) is 6.23. The molecule has 1 N–H and O–H groups in total. The molecule has 0 heterocycles. The third-order valence-corrected chi connectivity index (χ3v) is 2.95. The number of nitrogens with one attached hydrogen (secondary N) is 1. The van der Waals surface area contributed by atoms with Gasteiger partial charge in [0.15, 0.2) is 6.10 Å². The maximum Gasteiger partial charge on any atom is 0.261 e. The Balaban J connectivity index is 1.98. The summed E-state index contributed by atoms with van der Waals surface area (Å²) in [5.41, 5.74) is 1.06. The lowest BCUT2D eigenvalue weighted by Gasteiger charge is -2.18. The van der Waals surface area contributed by atoms with Gasteiger partial charge in [-0.05, 0) is 37.8 Å². The molecule has 0 radical (unpaired) electrons. The summed E-state index contributed by atoms with van der Waals surface area (Å²) in [5.74, 6) is 0.809. The molecule has 0 saturated heterocycles. The normalized spacial score (nSPS) is 16.4. The van der Waals surface area contributed by atoms with Gasteiger partial charge >= 0.3 is 0 Å². The summed E-state index contributed by atoms with van der Waals surface area (Å²) in [6.07, 6.45) is 2.52. The molecule has 17 heavy (non-hydrogen) atoms. The molecule has 1 amide bonds. The molecule has 1 aromatic carbocycles. The Hall–Kier alpha value is -1.51. The fraction of sp³-hybridized carbons (Fsp3) is 0.500. The van der Waals surface area contributed by atoms with Gasteiger partial charge in [-0.15, -0.1) is 0 Å². The van der Waals surface area contributed by atoms with Gasteiger partial charge in [0.2, 0.25) is 0 Å². The molecule has 92 valence electrons. The van der Waals surface area contributed by atoms with Crippen molar-refractivity contribution in [1.29, 1.82) is 0 Å². The van der Waals surface area contributed by atoms with Gasteiger partial charge in [0, 0.05) is 6.04 Å². The van der Waals surface area contributed by atoms with Crippen LogP contribution in [0, 0.1) is 6.92 Å². The fourth-order valence-corrected chi connectivity index (χ4v) is 1.69. The number of hydrogen-bond acceptors (Lipinski definition) is 2. The second-order valence-corrected chi connectivity index (χ2v) is 4.56. The molecule has 1 saturated carbocycles. The fourth-order valence-electron chi connectivity index (χ4n) is 1.69. The van der Waals surface area contributed by atoms with E-state index in [-0.39, 0.29) is 12.0 Å². The van der Waals surface area contributed by atoms with Gasteiger partial charge in [0.25, 0.3) is 5.91 Å². The first-order chi connectivity index (χ1) is 8.20. The zero-order valence-corrected chi connectivity index (χ0v) is 10.4. The van der Waals surface area contributed by atoms with Gasteiger partial charge in [-0.2, -0.15) is 0 Å². The van der Waals surface area contributed by atoms with Gasteiger partial charge in [0.1, 0.15) is 5.75 Å². The van der Waals surface area contributed by atoms with Gasteiger partial charge in [0.05, 0.1) is 0 Å². The molecule has 3 heteroatoms. The van der Waals surface area contributed by atoms with Crippen LogP contribution in [-0.2, 0) is 4.79 Å². The number of amides is 1. The van der Waals surface area contributed by atoms with Crippen molar-refractivity contribution in [3.05, 3.63) is 29.8 Å². The molecule has 0 aromatic heterocycles. The van der Waals surface area contributed by atoms with Crippen LogP contribution >= 0.6 is 0 Å². The van der Waals surface area contributed by atoms with Crippen LogP contribution in [0.25, 0.3) is 0 Å². The van der Waals surface area contributed by atoms with Crippen molar-refractivity contribution in [1.82, 2.24) is 5.32 Å². The molecule has 1 atom stereocenters. The van der Waals surface area contributed by atoms with E-state index in [2.05, 4.69) is 5.32 Å². The van der Waals surface area contributed by atoms with E-state index < -0.39 is 0 Å². The summed E-state index contributed by atoms with van der Waals surface area (Å²) in [5, 5.41) is 2.98. The van der Waals surface area contributed by atoms with E-state index in [1.165, 1.54) is 0 Å². The van der Waals surface area contributed by atoms with E-state index in [9.17, 15) is 4.79 Å². The highest BCUT2D eigenvalue weighted by molar-refractivity contribution is 5.81. The standard InChI is InChI=1S/C14H19NO2/c1-3-12(14(16)15-11-8-9-11)17-13-7-5-4-6-10(13)2/h4-7,11-12H,3,8-9H2,1-2H3,(H,15,16)/t12-/m1/s1. The van der Waals surface area contributed by atoms with E-state index in [4.69, 9.17) is 4.74 Å². The molecule has 3 nitrogen and oxygen atoms in total. The molecular weight excluding hydrogens is 214 g/mol. The van der Waals surface area contributed by atoms with Gasteiger partial charge < -0.3 is 10.1 Å². The van der Waals surface area contributed by atoms with Crippen molar-refractivity contribution in [3.63, 3.8) is 0 Å². The third-order valence-electron chi connectivity index (χ3n) is 2.95. The van der Waals surface area contributed by atoms with Gasteiger partial charge in [-0.3, -0.25) is 4.79 Å². The highest BCUT2D eigenvalue weighted by Gasteiger charge is 2.27. The van der Waals surface area contributed by atoms with Crippen LogP contribution in [0.2, 0.25) is 0 Å². The van der Waals surface area contributed by atoms with Crippen LogP contribution in [0.5, 0.6) is 5.75 Å². The van der Waals surface area contributed by atoms with Gasteiger partial charge in [-0.25, -0.2) is 0 Å². The topological polar surface area (TPSA) is 38.3 Å². The number of benzene rings is 1. The van der Waals surface area contributed by atoms with Crippen molar-refractivity contribution >= 4 is 5.91 Å². The SMILES string of the molecule is CC[C@@H](Oc1ccccc1C)C(=O)NC1CC1. The molecule has 1 aromatic rings. The summed E-state index contributed by atoms with van der Waals surface area (Å²) >= 11 is 0. The van der Waals surface area contributed by atoms with Crippen molar-refractivity contribution in [2.45, 2.75) is 45.3 Å². The summed E-state index contributed by atoms with van der Waals surface area (Å²) in [6.45, 7) is 3.95.